The van der Waals surface area contributed by atoms with Crippen LogP contribution in [0.1, 0.15) is 44.2 Å². The maximum atomic E-state index is 13.0. The first-order valence-corrected chi connectivity index (χ1v) is 9.71. The lowest BCUT2D eigenvalue weighted by molar-refractivity contribution is -0.137. The maximum absolute atomic E-state index is 13.0. The van der Waals surface area contributed by atoms with Gasteiger partial charge >= 0.3 is 0 Å². The highest BCUT2D eigenvalue weighted by Gasteiger charge is 2.51. The third-order valence-corrected chi connectivity index (χ3v) is 6.46. The second kappa shape index (κ2) is 6.94. The van der Waals surface area contributed by atoms with Crippen molar-refractivity contribution in [2.24, 2.45) is 11.3 Å². The van der Waals surface area contributed by atoms with Crippen LogP contribution in [-0.4, -0.2) is 54.0 Å². The summed E-state index contributed by atoms with van der Waals surface area (Å²) in [5, 5.41) is 0. The van der Waals surface area contributed by atoms with Gasteiger partial charge in [0.25, 0.3) is 0 Å². The van der Waals surface area contributed by atoms with Crippen molar-refractivity contribution < 1.29 is 9.53 Å². The van der Waals surface area contributed by atoms with E-state index in [1.807, 2.05) is 12.1 Å². The number of likely N-dealkylation sites (tertiary alicyclic amines) is 2. The van der Waals surface area contributed by atoms with E-state index in [4.69, 9.17) is 4.74 Å². The molecule has 0 aromatic carbocycles. The molecule has 3 fully saturated rings. The number of amides is 1. The number of carbonyl (C=O) groups excluding carboxylic acids is 1. The molecule has 1 saturated carbocycles. The number of hydrogen-bond acceptors (Lipinski definition) is 4. The van der Waals surface area contributed by atoms with Gasteiger partial charge in [-0.25, -0.2) is 4.98 Å². The van der Waals surface area contributed by atoms with Gasteiger partial charge in [0, 0.05) is 38.2 Å². The summed E-state index contributed by atoms with van der Waals surface area (Å²) < 4.78 is 5.24. The zero-order valence-electron chi connectivity index (χ0n) is 15.2. The third kappa shape index (κ3) is 3.26. The first kappa shape index (κ1) is 16.8. The first-order chi connectivity index (χ1) is 12.2. The third-order valence-electron chi connectivity index (χ3n) is 6.46. The zero-order chi connectivity index (χ0) is 17.3. The predicted octanol–water partition coefficient (Wildman–Crippen LogP) is 2.70. The second-order valence-corrected chi connectivity index (χ2v) is 7.97. The van der Waals surface area contributed by atoms with Gasteiger partial charge in [-0.15, -0.1) is 0 Å². The Morgan fingerprint density at radius 3 is 2.88 bits per heavy atom. The molecule has 25 heavy (non-hydrogen) atoms. The Morgan fingerprint density at radius 1 is 1.24 bits per heavy atom. The monoisotopic (exact) mass is 343 g/mol. The number of hydrogen-bond donors (Lipinski definition) is 0. The van der Waals surface area contributed by atoms with Gasteiger partial charge < -0.3 is 9.64 Å². The van der Waals surface area contributed by atoms with Crippen molar-refractivity contribution in [2.75, 3.05) is 33.3 Å². The van der Waals surface area contributed by atoms with E-state index in [1.165, 1.54) is 25.7 Å². The van der Waals surface area contributed by atoms with E-state index < -0.39 is 0 Å². The SMILES string of the molecule is COc1cccc(CN2CC[C@]3(CCC[C@H]3C(=O)N3CCCC3)C2)n1. The van der Waals surface area contributed by atoms with Gasteiger partial charge in [-0.05, 0) is 50.1 Å². The lowest BCUT2D eigenvalue weighted by atomic mass is 9.76. The molecule has 2 saturated heterocycles. The normalized spacial score (nSPS) is 29.6. The number of methoxy groups -OCH3 is 1. The molecule has 0 bridgehead atoms. The van der Waals surface area contributed by atoms with Crippen LogP contribution in [0.4, 0.5) is 0 Å². The smallest absolute Gasteiger partial charge is 0.226 e. The molecule has 0 unspecified atom stereocenters. The fourth-order valence-corrected chi connectivity index (χ4v) is 5.18. The van der Waals surface area contributed by atoms with Crippen LogP contribution in [0.2, 0.25) is 0 Å². The highest BCUT2D eigenvalue weighted by atomic mass is 16.5. The van der Waals surface area contributed by atoms with Gasteiger partial charge in [0.15, 0.2) is 0 Å². The molecule has 1 spiro atoms. The van der Waals surface area contributed by atoms with Crippen LogP contribution in [0, 0.1) is 11.3 Å². The minimum Gasteiger partial charge on any atom is -0.481 e. The number of ether oxygens (including phenoxy) is 1. The molecule has 3 heterocycles. The van der Waals surface area contributed by atoms with E-state index >= 15 is 0 Å². The van der Waals surface area contributed by atoms with E-state index in [0.29, 0.717) is 11.8 Å². The van der Waals surface area contributed by atoms with Crippen LogP contribution in [0.15, 0.2) is 18.2 Å². The molecule has 2 atom stereocenters. The van der Waals surface area contributed by atoms with E-state index in [0.717, 1.165) is 51.3 Å². The van der Waals surface area contributed by atoms with Crippen molar-refractivity contribution in [1.29, 1.82) is 0 Å². The van der Waals surface area contributed by atoms with Crippen LogP contribution in [0.3, 0.4) is 0 Å². The average molecular weight is 343 g/mol. The molecule has 4 rings (SSSR count). The largest absolute Gasteiger partial charge is 0.481 e. The Hall–Kier alpha value is -1.62. The molecular weight excluding hydrogens is 314 g/mol. The van der Waals surface area contributed by atoms with E-state index in [1.54, 1.807) is 7.11 Å². The van der Waals surface area contributed by atoms with Crippen LogP contribution in [0.25, 0.3) is 0 Å². The molecule has 5 heteroatoms. The topological polar surface area (TPSA) is 45.7 Å². The number of rotatable bonds is 4. The standard InChI is InChI=1S/C20H29N3O2/c1-25-18-8-4-6-16(21-18)14-22-13-10-20(15-22)9-5-7-17(20)19(24)23-11-2-3-12-23/h4,6,8,17H,2-3,5,7,9-15H2,1H3/t17-,20+/m0/s1. The summed E-state index contributed by atoms with van der Waals surface area (Å²) in [6.45, 7) is 4.91. The Kier molecular flexibility index (Phi) is 4.67. The summed E-state index contributed by atoms with van der Waals surface area (Å²) in [6, 6.07) is 5.95. The fourth-order valence-electron chi connectivity index (χ4n) is 5.18. The van der Waals surface area contributed by atoms with Crippen molar-refractivity contribution in [3.8, 4) is 5.88 Å². The summed E-state index contributed by atoms with van der Waals surface area (Å²) in [6.07, 6.45) is 7.01. The van der Waals surface area contributed by atoms with Crippen molar-refractivity contribution in [3.63, 3.8) is 0 Å². The van der Waals surface area contributed by atoms with Crippen molar-refractivity contribution >= 4 is 5.91 Å². The van der Waals surface area contributed by atoms with Crippen molar-refractivity contribution in [2.45, 2.75) is 45.1 Å². The van der Waals surface area contributed by atoms with Crippen LogP contribution >= 0.6 is 0 Å². The number of aromatic nitrogens is 1. The fraction of sp³-hybridized carbons (Fsp3) is 0.700. The van der Waals surface area contributed by atoms with Crippen molar-refractivity contribution in [1.82, 2.24) is 14.8 Å². The Labute approximate surface area is 150 Å². The van der Waals surface area contributed by atoms with Crippen LogP contribution in [-0.2, 0) is 11.3 Å². The molecule has 1 amide bonds. The number of carbonyl (C=O) groups is 1. The number of nitrogens with zero attached hydrogens (tertiary/aromatic N) is 3. The summed E-state index contributed by atoms with van der Waals surface area (Å²) in [5.41, 5.74) is 1.26. The summed E-state index contributed by atoms with van der Waals surface area (Å²) >= 11 is 0. The van der Waals surface area contributed by atoms with Gasteiger partial charge in [-0.2, -0.15) is 0 Å². The summed E-state index contributed by atoms with van der Waals surface area (Å²) in [4.78, 5) is 22.2. The second-order valence-electron chi connectivity index (χ2n) is 7.97. The van der Waals surface area contributed by atoms with Crippen molar-refractivity contribution in [3.05, 3.63) is 23.9 Å². The molecule has 136 valence electrons. The molecule has 1 aromatic heterocycles. The Morgan fingerprint density at radius 2 is 2.08 bits per heavy atom. The molecule has 1 aromatic rings. The average Bonchev–Trinajstić information content (AvgIpc) is 3.37. The van der Waals surface area contributed by atoms with Gasteiger partial charge in [-0.3, -0.25) is 9.69 Å². The van der Waals surface area contributed by atoms with E-state index in [-0.39, 0.29) is 11.3 Å². The Balaban J connectivity index is 1.43. The molecule has 0 radical (unpaired) electrons. The van der Waals surface area contributed by atoms with E-state index in [9.17, 15) is 4.79 Å². The molecule has 3 aliphatic rings. The maximum Gasteiger partial charge on any atom is 0.226 e. The van der Waals surface area contributed by atoms with Crippen LogP contribution < -0.4 is 4.74 Å². The summed E-state index contributed by atoms with van der Waals surface area (Å²) in [5.74, 6) is 1.36. The quantitative estimate of drug-likeness (QED) is 0.843. The minimum atomic E-state index is 0.207. The minimum absolute atomic E-state index is 0.207. The van der Waals surface area contributed by atoms with Crippen LogP contribution in [0.5, 0.6) is 5.88 Å². The highest BCUT2D eigenvalue weighted by Crippen LogP contribution is 2.50. The van der Waals surface area contributed by atoms with Gasteiger partial charge in [0.1, 0.15) is 0 Å². The highest BCUT2D eigenvalue weighted by molar-refractivity contribution is 5.80. The van der Waals surface area contributed by atoms with E-state index in [2.05, 4.69) is 20.9 Å². The molecule has 2 aliphatic heterocycles. The molecule has 1 aliphatic carbocycles. The lowest BCUT2D eigenvalue weighted by Gasteiger charge is -2.33. The number of pyridine rings is 1. The molecular formula is C20H29N3O2. The predicted molar refractivity (Wildman–Crippen MR) is 96.3 cm³/mol. The van der Waals surface area contributed by atoms with Gasteiger partial charge in [0.2, 0.25) is 11.8 Å². The molecule has 0 N–H and O–H groups in total. The Bertz CT molecular complexity index is 629. The lowest BCUT2D eigenvalue weighted by Crippen LogP contribution is -2.42. The van der Waals surface area contributed by atoms with Gasteiger partial charge in [-0.1, -0.05) is 12.5 Å². The summed E-state index contributed by atoms with van der Waals surface area (Å²) in [7, 11) is 1.66. The molecule has 5 nitrogen and oxygen atoms in total. The van der Waals surface area contributed by atoms with Gasteiger partial charge in [0.05, 0.1) is 12.8 Å². The first-order valence-electron chi connectivity index (χ1n) is 9.71. The zero-order valence-corrected chi connectivity index (χ0v) is 15.2.